The van der Waals surface area contributed by atoms with Gasteiger partial charge in [0.1, 0.15) is 4.88 Å². The molecule has 2 heterocycles. The molecule has 0 saturated carbocycles. The van der Waals surface area contributed by atoms with Crippen LogP contribution in [0.2, 0.25) is 5.02 Å². The van der Waals surface area contributed by atoms with E-state index in [2.05, 4.69) is 20.1 Å². The number of benzene rings is 1. The number of hydrogen-bond acceptors (Lipinski definition) is 6. The summed E-state index contributed by atoms with van der Waals surface area (Å²) in [5.74, 6) is -0.716. The fourth-order valence-corrected chi connectivity index (χ4v) is 3.49. The zero-order valence-corrected chi connectivity index (χ0v) is 16.5. The van der Waals surface area contributed by atoms with Crippen molar-refractivity contribution in [2.24, 2.45) is 0 Å². The second-order valence-electron chi connectivity index (χ2n) is 5.78. The van der Waals surface area contributed by atoms with Gasteiger partial charge in [-0.3, -0.25) is 4.79 Å². The van der Waals surface area contributed by atoms with E-state index in [1.165, 1.54) is 13.3 Å². The predicted molar refractivity (Wildman–Crippen MR) is 104 cm³/mol. The van der Waals surface area contributed by atoms with Crippen molar-refractivity contribution in [1.82, 2.24) is 14.8 Å². The number of hydrogen-bond donors (Lipinski definition) is 1. The molecule has 1 N–H and O–H groups in total. The molecule has 0 saturated heterocycles. The minimum atomic E-state index is -0.482. The Bertz CT molecular complexity index is 995. The number of halogens is 1. The van der Waals surface area contributed by atoms with Crippen LogP contribution in [-0.2, 0) is 16.0 Å². The number of rotatable bonds is 5. The van der Waals surface area contributed by atoms with Gasteiger partial charge in [0, 0.05) is 16.3 Å². The molecule has 0 aliphatic rings. The number of aryl methyl sites for hydroxylation is 1. The fraction of sp³-hybridized carbons (Fsp3) is 0.222. The Labute approximate surface area is 164 Å². The smallest absolute Gasteiger partial charge is 0.349 e. The van der Waals surface area contributed by atoms with E-state index < -0.39 is 5.97 Å². The number of anilines is 1. The largest absolute Gasteiger partial charge is 0.465 e. The average molecular weight is 405 g/mol. The van der Waals surface area contributed by atoms with Gasteiger partial charge in [-0.2, -0.15) is 5.10 Å². The van der Waals surface area contributed by atoms with E-state index in [1.807, 2.05) is 26.0 Å². The minimum Gasteiger partial charge on any atom is -0.465 e. The Morgan fingerprint density at radius 3 is 2.63 bits per heavy atom. The van der Waals surface area contributed by atoms with Crippen molar-refractivity contribution >= 4 is 39.9 Å². The fourth-order valence-electron chi connectivity index (χ4n) is 2.62. The summed E-state index contributed by atoms with van der Waals surface area (Å²) in [5, 5.41) is 8.23. The highest BCUT2D eigenvalue weighted by atomic mass is 35.5. The summed E-state index contributed by atoms with van der Waals surface area (Å²) in [6.07, 6.45) is 1.53. The lowest BCUT2D eigenvalue weighted by molar-refractivity contribution is -0.115. The molecule has 0 bridgehead atoms. The van der Waals surface area contributed by atoms with Crippen LogP contribution in [0, 0.1) is 13.8 Å². The van der Waals surface area contributed by atoms with Gasteiger partial charge in [0.25, 0.3) is 0 Å². The van der Waals surface area contributed by atoms with Crippen LogP contribution < -0.4 is 5.32 Å². The van der Waals surface area contributed by atoms with E-state index >= 15 is 0 Å². The van der Waals surface area contributed by atoms with Crippen molar-refractivity contribution in [3.05, 3.63) is 57.3 Å². The number of thiazole rings is 1. The summed E-state index contributed by atoms with van der Waals surface area (Å²) in [4.78, 5) is 28.2. The maximum absolute atomic E-state index is 12.4. The quantitative estimate of drug-likeness (QED) is 0.657. The van der Waals surface area contributed by atoms with Gasteiger partial charge in [0.05, 0.1) is 31.1 Å². The number of nitrogens with zero attached hydrogens (tertiary/aromatic N) is 3. The first kappa shape index (κ1) is 19.1. The maximum Gasteiger partial charge on any atom is 0.349 e. The van der Waals surface area contributed by atoms with E-state index in [1.54, 1.807) is 16.8 Å². The van der Waals surface area contributed by atoms with Crippen LogP contribution in [0.4, 0.5) is 5.13 Å². The zero-order valence-electron chi connectivity index (χ0n) is 14.9. The van der Waals surface area contributed by atoms with Crippen LogP contribution in [0.5, 0.6) is 0 Å². The van der Waals surface area contributed by atoms with Crippen molar-refractivity contribution in [2.75, 3.05) is 12.4 Å². The summed E-state index contributed by atoms with van der Waals surface area (Å²) < 4.78 is 6.42. The average Bonchev–Trinajstić information content (AvgIpc) is 3.22. The standard InChI is InChI=1S/C18H17ClN4O3S/c1-10-14(11(2)23(22-10)13-6-4-12(19)5-7-13)8-16(24)21-18-20-9-15(27-18)17(25)26-3/h4-7,9H,8H2,1-3H3,(H,20,21,24). The van der Waals surface area contributed by atoms with Crippen molar-refractivity contribution in [3.63, 3.8) is 0 Å². The van der Waals surface area contributed by atoms with Crippen LogP contribution in [-0.4, -0.2) is 33.8 Å². The van der Waals surface area contributed by atoms with Crippen molar-refractivity contribution in [3.8, 4) is 5.69 Å². The van der Waals surface area contributed by atoms with E-state index in [0.717, 1.165) is 34.0 Å². The summed E-state index contributed by atoms with van der Waals surface area (Å²) in [7, 11) is 1.30. The summed E-state index contributed by atoms with van der Waals surface area (Å²) in [6.45, 7) is 3.77. The Morgan fingerprint density at radius 2 is 1.96 bits per heavy atom. The molecule has 7 nitrogen and oxygen atoms in total. The number of amides is 1. The Kier molecular flexibility index (Phi) is 5.57. The summed E-state index contributed by atoms with van der Waals surface area (Å²) in [5.41, 5.74) is 3.35. The Balaban J connectivity index is 1.75. The molecule has 1 aromatic carbocycles. The highest BCUT2D eigenvalue weighted by Gasteiger charge is 2.18. The lowest BCUT2D eigenvalue weighted by atomic mass is 10.1. The molecule has 27 heavy (non-hydrogen) atoms. The number of esters is 1. The van der Waals surface area contributed by atoms with Crippen LogP contribution in [0.1, 0.15) is 26.6 Å². The van der Waals surface area contributed by atoms with Crippen LogP contribution >= 0.6 is 22.9 Å². The SMILES string of the molecule is COC(=O)c1cnc(NC(=O)Cc2c(C)nn(-c3ccc(Cl)cc3)c2C)s1. The monoisotopic (exact) mass is 404 g/mol. The summed E-state index contributed by atoms with van der Waals surface area (Å²) >= 11 is 7.00. The molecule has 0 spiro atoms. The van der Waals surface area contributed by atoms with Crippen LogP contribution in [0.3, 0.4) is 0 Å². The third-order valence-corrected chi connectivity index (χ3v) is 5.13. The first-order chi connectivity index (χ1) is 12.9. The molecule has 0 unspecified atom stereocenters. The molecule has 0 atom stereocenters. The number of methoxy groups -OCH3 is 1. The Morgan fingerprint density at radius 1 is 1.26 bits per heavy atom. The molecule has 0 aliphatic heterocycles. The molecule has 0 radical (unpaired) electrons. The predicted octanol–water partition coefficient (Wildman–Crippen LogP) is 3.57. The van der Waals surface area contributed by atoms with E-state index in [9.17, 15) is 9.59 Å². The highest BCUT2D eigenvalue weighted by Crippen LogP contribution is 2.22. The van der Waals surface area contributed by atoms with Gasteiger partial charge in [-0.1, -0.05) is 22.9 Å². The van der Waals surface area contributed by atoms with Crippen molar-refractivity contribution in [2.45, 2.75) is 20.3 Å². The van der Waals surface area contributed by atoms with Gasteiger partial charge in [-0.15, -0.1) is 0 Å². The number of aromatic nitrogens is 3. The van der Waals surface area contributed by atoms with Crippen LogP contribution in [0.25, 0.3) is 5.69 Å². The molecule has 0 aliphatic carbocycles. The molecule has 9 heteroatoms. The Hall–Kier alpha value is -2.71. The first-order valence-corrected chi connectivity index (χ1v) is 9.23. The van der Waals surface area contributed by atoms with E-state index in [0.29, 0.717) is 15.0 Å². The highest BCUT2D eigenvalue weighted by molar-refractivity contribution is 7.17. The molecular weight excluding hydrogens is 388 g/mol. The number of carbonyl (C=O) groups excluding carboxylic acids is 2. The van der Waals surface area contributed by atoms with E-state index in [-0.39, 0.29) is 12.3 Å². The second-order valence-corrected chi connectivity index (χ2v) is 7.25. The minimum absolute atomic E-state index is 0.151. The lowest BCUT2D eigenvalue weighted by Gasteiger charge is -2.06. The topological polar surface area (TPSA) is 86.1 Å². The van der Waals surface area contributed by atoms with Crippen molar-refractivity contribution in [1.29, 1.82) is 0 Å². The van der Waals surface area contributed by atoms with Gasteiger partial charge in [-0.05, 0) is 38.1 Å². The van der Waals surface area contributed by atoms with Crippen molar-refractivity contribution < 1.29 is 14.3 Å². The third kappa shape index (κ3) is 4.17. The molecule has 1 amide bonds. The number of ether oxygens (including phenoxy) is 1. The molecule has 3 rings (SSSR count). The lowest BCUT2D eigenvalue weighted by Crippen LogP contribution is -2.15. The molecule has 3 aromatic rings. The molecule has 0 fully saturated rings. The van der Waals surface area contributed by atoms with Crippen LogP contribution in [0.15, 0.2) is 30.5 Å². The van der Waals surface area contributed by atoms with Gasteiger partial charge >= 0.3 is 5.97 Å². The van der Waals surface area contributed by atoms with E-state index in [4.69, 9.17) is 11.6 Å². The normalized spacial score (nSPS) is 10.7. The van der Waals surface area contributed by atoms with Gasteiger partial charge in [-0.25, -0.2) is 14.5 Å². The zero-order chi connectivity index (χ0) is 19.6. The molecular formula is C18H17ClN4O3S. The van der Waals surface area contributed by atoms with Gasteiger partial charge in [0.2, 0.25) is 5.91 Å². The first-order valence-electron chi connectivity index (χ1n) is 8.04. The second kappa shape index (κ2) is 7.89. The third-order valence-electron chi connectivity index (χ3n) is 3.99. The number of nitrogens with one attached hydrogen (secondary N) is 1. The summed E-state index contributed by atoms with van der Waals surface area (Å²) in [6, 6.07) is 7.33. The molecule has 140 valence electrons. The van der Waals surface area contributed by atoms with Gasteiger partial charge < -0.3 is 10.1 Å². The molecule has 2 aromatic heterocycles. The number of carbonyl (C=O) groups is 2. The maximum atomic E-state index is 12.4. The van der Waals surface area contributed by atoms with Gasteiger partial charge in [0.15, 0.2) is 5.13 Å².